The molecule has 0 bridgehead atoms. The Kier molecular flexibility index (Phi) is 6.55. The van der Waals surface area contributed by atoms with Gasteiger partial charge >= 0.3 is 5.97 Å². The van der Waals surface area contributed by atoms with Crippen LogP contribution in [0.4, 0.5) is 0 Å². The Morgan fingerprint density at radius 1 is 1.03 bits per heavy atom. The fourth-order valence-corrected chi connectivity index (χ4v) is 9.58. The lowest BCUT2D eigenvalue weighted by Crippen LogP contribution is -2.62. The Labute approximate surface area is 189 Å². The van der Waals surface area contributed by atoms with Crippen molar-refractivity contribution in [3.63, 3.8) is 0 Å². The Morgan fingerprint density at radius 3 is 2.39 bits per heavy atom. The van der Waals surface area contributed by atoms with E-state index in [0.29, 0.717) is 47.8 Å². The Morgan fingerprint density at radius 2 is 1.71 bits per heavy atom. The molecule has 0 spiro atoms. The molecule has 0 aromatic heterocycles. The van der Waals surface area contributed by atoms with Crippen molar-refractivity contribution in [2.24, 2.45) is 52.3 Å². The van der Waals surface area contributed by atoms with Crippen molar-refractivity contribution in [1.29, 1.82) is 0 Å². The van der Waals surface area contributed by atoms with Gasteiger partial charge in [0.25, 0.3) is 0 Å². The van der Waals surface area contributed by atoms with Crippen molar-refractivity contribution in [2.75, 3.05) is 7.11 Å². The first-order valence-corrected chi connectivity index (χ1v) is 13.1. The third-order valence-corrected chi connectivity index (χ3v) is 11.2. The Hall–Kier alpha value is -0.610. The van der Waals surface area contributed by atoms with Crippen molar-refractivity contribution in [1.82, 2.24) is 0 Å². The SMILES string of the molecule is CC[C@@H]1C2C[C@H](O)CCC2(C)[C@H]2CCC3(C)C([C@H](C)CCC(=O)OC)CC[C@H]3[C@@H]2[C@@H]1O. The average molecular weight is 435 g/mol. The minimum atomic E-state index is -0.230. The molecule has 4 nitrogen and oxygen atoms in total. The van der Waals surface area contributed by atoms with E-state index in [1.165, 1.54) is 32.8 Å². The highest BCUT2D eigenvalue weighted by Gasteiger charge is 2.64. The van der Waals surface area contributed by atoms with E-state index in [1.807, 2.05) is 0 Å². The summed E-state index contributed by atoms with van der Waals surface area (Å²) in [6.07, 6.45) is 9.87. The van der Waals surface area contributed by atoms with E-state index in [4.69, 9.17) is 4.74 Å². The van der Waals surface area contributed by atoms with Gasteiger partial charge in [-0.15, -0.1) is 0 Å². The first-order valence-electron chi connectivity index (χ1n) is 13.1. The Balaban J connectivity index is 1.58. The standard InChI is InChI=1S/C27H46O4/c1-6-18-22-15-17(28)11-13-27(22,4)21-12-14-26(3)19(16(2)7-10-23(29)31-5)8-9-20(26)24(21)25(18)30/h16-22,24-25,28,30H,6-15H2,1-5H3/t16-,17-,18-,19?,20+,21+,22?,24+,25-,26?,27?/m1/s1. The zero-order valence-electron chi connectivity index (χ0n) is 20.5. The fourth-order valence-electron chi connectivity index (χ4n) is 9.58. The van der Waals surface area contributed by atoms with Crippen LogP contribution in [0.15, 0.2) is 0 Å². The van der Waals surface area contributed by atoms with Crippen LogP contribution in [-0.4, -0.2) is 35.5 Å². The van der Waals surface area contributed by atoms with Crippen LogP contribution in [0, 0.1) is 52.3 Å². The van der Waals surface area contributed by atoms with Gasteiger partial charge in [-0.05, 0) is 104 Å². The predicted octanol–water partition coefficient (Wildman–Crippen LogP) is 5.20. The summed E-state index contributed by atoms with van der Waals surface area (Å²) >= 11 is 0. The number of carbonyl (C=O) groups is 1. The Bertz CT molecular complexity index is 664. The number of aliphatic hydroxyl groups excluding tert-OH is 2. The molecule has 4 rings (SSSR count). The van der Waals surface area contributed by atoms with Crippen LogP contribution < -0.4 is 0 Å². The van der Waals surface area contributed by atoms with Crippen LogP contribution in [0.2, 0.25) is 0 Å². The zero-order chi connectivity index (χ0) is 22.6. The summed E-state index contributed by atoms with van der Waals surface area (Å²) in [6.45, 7) is 9.58. The molecule has 11 atom stereocenters. The van der Waals surface area contributed by atoms with Crippen molar-refractivity contribution in [2.45, 2.75) is 104 Å². The van der Waals surface area contributed by atoms with Crippen molar-refractivity contribution >= 4 is 5.97 Å². The third-order valence-electron chi connectivity index (χ3n) is 11.2. The van der Waals surface area contributed by atoms with Gasteiger partial charge in [-0.1, -0.05) is 34.1 Å². The topological polar surface area (TPSA) is 66.8 Å². The number of rotatable bonds is 5. The van der Waals surface area contributed by atoms with Gasteiger partial charge in [-0.2, -0.15) is 0 Å². The molecular formula is C27H46O4. The second kappa shape index (κ2) is 8.63. The van der Waals surface area contributed by atoms with Crippen molar-refractivity contribution < 1.29 is 19.7 Å². The number of fused-ring (bicyclic) bond motifs is 5. The molecule has 4 unspecified atom stereocenters. The van der Waals surface area contributed by atoms with Gasteiger partial charge in [0.05, 0.1) is 19.3 Å². The largest absolute Gasteiger partial charge is 0.469 e. The van der Waals surface area contributed by atoms with E-state index in [0.717, 1.165) is 32.1 Å². The van der Waals surface area contributed by atoms with Crippen LogP contribution in [0.1, 0.15) is 91.9 Å². The lowest BCUT2D eigenvalue weighted by Gasteiger charge is -2.64. The second-order valence-corrected chi connectivity index (χ2v) is 12.2. The second-order valence-electron chi connectivity index (χ2n) is 12.2. The van der Waals surface area contributed by atoms with Gasteiger partial charge in [0.2, 0.25) is 0 Å². The van der Waals surface area contributed by atoms with Gasteiger partial charge in [-0.3, -0.25) is 4.79 Å². The van der Waals surface area contributed by atoms with Gasteiger partial charge in [0.1, 0.15) is 0 Å². The van der Waals surface area contributed by atoms with Gasteiger partial charge in [-0.25, -0.2) is 0 Å². The minimum absolute atomic E-state index is 0.0952. The number of methoxy groups -OCH3 is 1. The lowest BCUT2D eigenvalue weighted by atomic mass is 9.41. The molecule has 31 heavy (non-hydrogen) atoms. The van der Waals surface area contributed by atoms with Crippen molar-refractivity contribution in [3.8, 4) is 0 Å². The maximum atomic E-state index is 11.8. The van der Waals surface area contributed by atoms with E-state index < -0.39 is 0 Å². The molecule has 4 aliphatic rings. The summed E-state index contributed by atoms with van der Waals surface area (Å²) < 4.78 is 4.88. The summed E-state index contributed by atoms with van der Waals surface area (Å²) in [7, 11) is 1.48. The van der Waals surface area contributed by atoms with Crippen LogP contribution >= 0.6 is 0 Å². The van der Waals surface area contributed by atoms with Crippen LogP contribution in [0.25, 0.3) is 0 Å². The maximum Gasteiger partial charge on any atom is 0.305 e. The average Bonchev–Trinajstić information content (AvgIpc) is 3.10. The van der Waals surface area contributed by atoms with E-state index in [9.17, 15) is 15.0 Å². The van der Waals surface area contributed by atoms with Gasteiger partial charge < -0.3 is 14.9 Å². The van der Waals surface area contributed by atoms with E-state index in [-0.39, 0.29) is 29.0 Å². The lowest BCUT2D eigenvalue weighted by molar-refractivity contribution is -0.203. The van der Waals surface area contributed by atoms with E-state index in [2.05, 4.69) is 27.7 Å². The highest BCUT2D eigenvalue weighted by Crippen LogP contribution is 2.69. The molecule has 0 saturated heterocycles. The number of esters is 1. The van der Waals surface area contributed by atoms with Crippen LogP contribution in [0.5, 0.6) is 0 Å². The fraction of sp³-hybridized carbons (Fsp3) is 0.963. The molecule has 178 valence electrons. The maximum absolute atomic E-state index is 11.8. The summed E-state index contributed by atoms with van der Waals surface area (Å²) in [6, 6.07) is 0. The highest BCUT2D eigenvalue weighted by atomic mass is 16.5. The molecule has 0 aromatic carbocycles. The molecule has 0 aliphatic heterocycles. The molecule has 4 saturated carbocycles. The number of aliphatic hydroxyl groups is 2. The molecule has 0 amide bonds. The smallest absolute Gasteiger partial charge is 0.305 e. The summed E-state index contributed by atoms with van der Waals surface area (Å²) in [5.41, 5.74) is 0.535. The monoisotopic (exact) mass is 434 g/mol. The van der Waals surface area contributed by atoms with Crippen LogP contribution in [0.3, 0.4) is 0 Å². The molecule has 4 fully saturated rings. The quantitative estimate of drug-likeness (QED) is 0.584. The normalized spacial score (nSPS) is 50.2. The molecular weight excluding hydrogens is 388 g/mol. The molecule has 0 heterocycles. The number of hydrogen-bond donors (Lipinski definition) is 2. The summed E-state index contributed by atoms with van der Waals surface area (Å²) in [4.78, 5) is 11.7. The minimum Gasteiger partial charge on any atom is -0.469 e. The summed E-state index contributed by atoms with van der Waals surface area (Å²) in [5, 5.41) is 22.2. The third kappa shape index (κ3) is 3.68. The summed E-state index contributed by atoms with van der Waals surface area (Å²) in [5.74, 6) is 3.41. The molecule has 4 aliphatic carbocycles. The molecule has 2 N–H and O–H groups in total. The molecule has 4 heteroatoms. The van der Waals surface area contributed by atoms with Crippen molar-refractivity contribution in [3.05, 3.63) is 0 Å². The predicted molar refractivity (Wildman–Crippen MR) is 122 cm³/mol. The highest BCUT2D eigenvalue weighted by molar-refractivity contribution is 5.69. The number of ether oxygens (including phenoxy) is 1. The molecule has 0 aromatic rings. The number of hydrogen-bond acceptors (Lipinski definition) is 4. The number of carbonyl (C=O) groups excluding carboxylic acids is 1. The van der Waals surface area contributed by atoms with E-state index >= 15 is 0 Å². The molecule has 0 radical (unpaired) electrons. The van der Waals surface area contributed by atoms with Gasteiger partial charge in [0, 0.05) is 6.42 Å². The van der Waals surface area contributed by atoms with Crippen LogP contribution in [-0.2, 0) is 9.53 Å². The van der Waals surface area contributed by atoms with E-state index in [1.54, 1.807) is 0 Å². The first kappa shape index (κ1) is 23.5. The zero-order valence-corrected chi connectivity index (χ0v) is 20.5. The first-order chi connectivity index (χ1) is 14.7. The van der Waals surface area contributed by atoms with Gasteiger partial charge in [0.15, 0.2) is 0 Å².